The second-order valence-corrected chi connectivity index (χ2v) is 3.53. The Hall–Kier alpha value is -1.41. The maximum absolute atomic E-state index is 13.7. The van der Waals surface area contributed by atoms with Crippen molar-refractivity contribution in [1.29, 1.82) is 0 Å². The number of anilines is 1. The maximum atomic E-state index is 13.7. The first-order valence-electron chi connectivity index (χ1n) is 5.06. The lowest BCUT2D eigenvalue weighted by Crippen LogP contribution is -2.37. The van der Waals surface area contributed by atoms with Crippen molar-refractivity contribution in [2.75, 3.05) is 24.6 Å². The van der Waals surface area contributed by atoms with E-state index in [1.165, 1.54) is 6.07 Å². The summed E-state index contributed by atoms with van der Waals surface area (Å²) in [5.74, 6) is -1.55. The van der Waals surface area contributed by atoms with Gasteiger partial charge in [-0.15, -0.1) is 0 Å². The fraction of sp³-hybridized carbons (Fsp3) is 0.500. The predicted octanol–water partition coefficient (Wildman–Crippen LogP) is 1.07. The SMILES string of the molecule is OCCN(CC(F)(F)F)c1nccc(CO)c1F. The van der Waals surface area contributed by atoms with Gasteiger partial charge in [0, 0.05) is 18.3 Å². The van der Waals surface area contributed by atoms with E-state index in [0.29, 0.717) is 4.90 Å². The zero-order chi connectivity index (χ0) is 13.8. The lowest BCUT2D eigenvalue weighted by Gasteiger charge is -2.24. The molecule has 0 atom stereocenters. The van der Waals surface area contributed by atoms with Crippen molar-refractivity contribution in [1.82, 2.24) is 4.98 Å². The molecule has 0 aromatic carbocycles. The summed E-state index contributed by atoms with van der Waals surface area (Å²) < 4.78 is 50.6. The van der Waals surface area contributed by atoms with Crippen LogP contribution in [0.4, 0.5) is 23.4 Å². The van der Waals surface area contributed by atoms with Gasteiger partial charge in [0.15, 0.2) is 11.6 Å². The molecule has 8 heteroatoms. The van der Waals surface area contributed by atoms with Crippen molar-refractivity contribution < 1.29 is 27.8 Å². The molecule has 4 nitrogen and oxygen atoms in total. The monoisotopic (exact) mass is 268 g/mol. The van der Waals surface area contributed by atoms with Gasteiger partial charge in [0.05, 0.1) is 13.2 Å². The van der Waals surface area contributed by atoms with Crippen LogP contribution in [-0.2, 0) is 6.61 Å². The topological polar surface area (TPSA) is 56.6 Å². The van der Waals surface area contributed by atoms with Crippen molar-refractivity contribution in [3.05, 3.63) is 23.6 Å². The van der Waals surface area contributed by atoms with Crippen LogP contribution < -0.4 is 4.90 Å². The van der Waals surface area contributed by atoms with Crippen molar-refractivity contribution in [2.45, 2.75) is 12.8 Å². The van der Waals surface area contributed by atoms with E-state index in [0.717, 1.165) is 6.20 Å². The third-order valence-electron chi connectivity index (χ3n) is 2.16. The quantitative estimate of drug-likeness (QED) is 0.784. The fourth-order valence-electron chi connectivity index (χ4n) is 1.41. The molecule has 0 fully saturated rings. The summed E-state index contributed by atoms with van der Waals surface area (Å²) in [4.78, 5) is 4.10. The van der Waals surface area contributed by atoms with Crippen LogP contribution in [0.5, 0.6) is 0 Å². The number of aliphatic hydroxyl groups excluding tert-OH is 2. The largest absolute Gasteiger partial charge is 0.405 e. The number of rotatable bonds is 5. The number of halogens is 4. The summed E-state index contributed by atoms with van der Waals surface area (Å²) in [6, 6.07) is 1.17. The molecule has 1 heterocycles. The molecule has 1 aromatic rings. The van der Waals surface area contributed by atoms with Gasteiger partial charge in [-0.1, -0.05) is 0 Å². The number of aliphatic hydroxyl groups is 2. The Morgan fingerprint density at radius 2 is 1.94 bits per heavy atom. The molecule has 0 bridgehead atoms. The molecule has 0 aliphatic rings. The third kappa shape index (κ3) is 3.81. The van der Waals surface area contributed by atoms with Gasteiger partial charge in [0.25, 0.3) is 0 Å². The molecule has 0 saturated carbocycles. The fourth-order valence-corrected chi connectivity index (χ4v) is 1.41. The third-order valence-corrected chi connectivity index (χ3v) is 2.16. The van der Waals surface area contributed by atoms with Crippen molar-refractivity contribution in [2.24, 2.45) is 0 Å². The average Bonchev–Trinajstić information content (AvgIpc) is 2.27. The summed E-state index contributed by atoms with van der Waals surface area (Å²) >= 11 is 0. The van der Waals surface area contributed by atoms with E-state index in [9.17, 15) is 17.6 Å². The molecular formula is C10H12F4N2O2. The highest BCUT2D eigenvalue weighted by atomic mass is 19.4. The number of nitrogens with zero attached hydrogens (tertiary/aromatic N) is 2. The van der Waals surface area contributed by atoms with E-state index >= 15 is 0 Å². The molecule has 0 aliphatic heterocycles. The van der Waals surface area contributed by atoms with Gasteiger partial charge in [-0.25, -0.2) is 9.37 Å². The molecule has 2 N–H and O–H groups in total. The minimum absolute atomic E-state index is 0.148. The molecule has 0 amide bonds. The average molecular weight is 268 g/mol. The van der Waals surface area contributed by atoms with Crippen LogP contribution in [0.15, 0.2) is 12.3 Å². The molecule has 0 unspecified atom stereocenters. The summed E-state index contributed by atoms with van der Waals surface area (Å²) in [6.45, 7) is -3.04. The van der Waals surface area contributed by atoms with E-state index < -0.39 is 44.1 Å². The molecule has 0 saturated heterocycles. The van der Waals surface area contributed by atoms with Gasteiger partial charge >= 0.3 is 6.18 Å². The van der Waals surface area contributed by atoms with Crippen molar-refractivity contribution >= 4 is 5.82 Å². The van der Waals surface area contributed by atoms with Crippen LogP contribution in [0.2, 0.25) is 0 Å². The van der Waals surface area contributed by atoms with Gasteiger partial charge in [-0.3, -0.25) is 0 Å². The van der Waals surface area contributed by atoms with E-state index in [1.807, 2.05) is 0 Å². The number of hydrogen-bond acceptors (Lipinski definition) is 4. The minimum Gasteiger partial charge on any atom is -0.395 e. The first-order valence-corrected chi connectivity index (χ1v) is 5.06. The summed E-state index contributed by atoms with van der Waals surface area (Å²) in [5, 5.41) is 17.5. The van der Waals surface area contributed by atoms with E-state index in [2.05, 4.69) is 4.98 Å². The van der Waals surface area contributed by atoms with Crippen LogP contribution in [0, 0.1) is 5.82 Å². The molecule has 0 spiro atoms. The Kier molecular flexibility index (Phi) is 4.85. The molecule has 1 aromatic heterocycles. The van der Waals surface area contributed by atoms with Gasteiger partial charge in [-0.2, -0.15) is 13.2 Å². The number of aromatic nitrogens is 1. The molecule has 18 heavy (non-hydrogen) atoms. The van der Waals surface area contributed by atoms with Gasteiger partial charge in [-0.05, 0) is 6.07 Å². The smallest absolute Gasteiger partial charge is 0.395 e. The zero-order valence-electron chi connectivity index (χ0n) is 9.28. The van der Waals surface area contributed by atoms with Crippen LogP contribution >= 0.6 is 0 Å². The molecule has 1 rings (SSSR count). The van der Waals surface area contributed by atoms with E-state index in [-0.39, 0.29) is 5.56 Å². The highest BCUT2D eigenvalue weighted by molar-refractivity contribution is 5.43. The van der Waals surface area contributed by atoms with E-state index in [1.54, 1.807) is 0 Å². The summed E-state index contributed by atoms with van der Waals surface area (Å²) in [7, 11) is 0. The molecular weight excluding hydrogens is 256 g/mol. The van der Waals surface area contributed by atoms with Crippen LogP contribution in [0.3, 0.4) is 0 Å². The van der Waals surface area contributed by atoms with Gasteiger partial charge in [0.1, 0.15) is 6.54 Å². The first-order chi connectivity index (χ1) is 8.39. The van der Waals surface area contributed by atoms with Crippen molar-refractivity contribution in [3.8, 4) is 0 Å². The predicted molar refractivity (Wildman–Crippen MR) is 55.5 cm³/mol. The maximum Gasteiger partial charge on any atom is 0.405 e. The molecule has 0 radical (unpaired) electrons. The zero-order valence-corrected chi connectivity index (χ0v) is 9.28. The number of pyridine rings is 1. The van der Waals surface area contributed by atoms with Crippen molar-refractivity contribution in [3.63, 3.8) is 0 Å². The second kappa shape index (κ2) is 5.96. The van der Waals surface area contributed by atoms with Gasteiger partial charge in [0.2, 0.25) is 0 Å². The Morgan fingerprint density at radius 1 is 1.28 bits per heavy atom. The highest BCUT2D eigenvalue weighted by Gasteiger charge is 2.32. The minimum atomic E-state index is -4.54. The molecule has 102 valence electrons. The Morgan fingerprint density at radius 3 is 2.44 bits per heavy atom. The summed E-state index contributed by atoms with van der Waals surface area (Å²) in [6.07, 6.45) is -3.44. The van der Waals surface area contributed by atoms with Gasteiger partial charge < -0.3 is 15.1 Å². The molecule has 0 aliphatic carbocycles. The normalized spacial score (nSPS) is 11.7. The lowest BCUT2D eigenvalue weighted by atomic mass is 10.2. The van der Waals surface area contributed by atoms with Crippen LogP contribution in [0.25, 0.3) is 0 Å². The van der Waals surface area contributed by atoms with Crippen LogP contribution in [0.1, 0.15) is 5.56 Å². The first kappa shape index (κ1) is 14.7. The van der Waals surface area contributed by atoms with Crippen LogP contribution in [-0.4, -0.2) is 41.1 Å². The Labute approximate surface area is 100 Å². The number of alkyl halides is 3. The Bertz CT molecular complexity index is 398. The Balaban J connectivity index is 3.05. The second-order valence-electron chi connectivity index (χ2n) is 3.53. The van der Waals surface area contributed by atoms with E-state index in [4.69, 9.17) is 10.2 Å². The lowest BCUT2D eigenvalue weighted by molar-refractivity contribution is -0.120. The summed E-state index contributed by atoms with van der Waals surface area (Å²) in [5.41, 5.74) is -0.148. The standard InChI is InChI=1S/C10H12F4N2O2/c11-8-7(5-18)1-2-15-9(8)16(3-4-17)6-10(12,13)14/h1-2,17-18H,3-6H2. The number of hydrogen-bond donors (Lipinski definition) is 2. The highest BCUT2D eigenvalue weighted by Crippen LogP contribution is 2.24.